The molecule has 17 heavy (non-hydrogen) atoms. The van der Waals surface area contributed by atoms with Gasteiger partial charge in [-0.15, -0.1) is 0 Å². The maximum atomic E-state index is 12.1. The minimum absolute atomic E-state index is 0.0655. The summed E-state index contributed by atoms with van der Waals surface area (Å²) in [5.41, 5.74) is 0.478. The normalized spacial score (nSPS) is 23.4. The van der Waals surface area contributed by atoms with Crippen LogP contribution in [0, 0.1) is 5.41 Å². The molecule has 1 aromatic carbocycles. The van der Waals surface area contributed by atoms with Crippen molar-refractivity contribution in [3.8, 4) is 5.75 Å². The molecule has 92 valence electrons. The van der Waals surface area contributed by atoms with Gasteiger partial charge in [-0.3, -0.25) is 4.79 Å². The molecule has 1 saturated heterocycles. The zero-order chi connectivity index (χ0) is 12.3. The third-order valence-corrected chi connectivity index (χ3v) is 3.24. The van der Waals surface area contributed by atoms with Gasteiger partial charge >= 0.3 is 0 Å². The minimum Gasteiger partial charge on any atom is -0.497 e. The van der Waals surface area contributed by atoms with Crippen molar-refractivity contribution in [1.29, 1.82) is 0 Å². The van der Waals surface area contributed by atoms with Crippen molar-refractivity contribution in [2.24, 2.45) is 5.41 Å². The number of methoxy groups -OCH3 is 1. The van der Waals surface area contributed by atoms with Crippen LogP contribution in [-0.2, 0) is 4.79 Å². The molecule has 4 nitrogen and oxygen atoms in total. The van der Waals surface area contributed by atoms with Crippen LogP contribution >= 0.6 is 0 Å². The highest BCUT2D eigenvalue weighted by atomic mass is 16.5. The quantitative estimate of drug-likeness (QED) is 0.835. The van der Waals surface area contributed by atoms with E-state index in [4.69, 9.17) is 4.74 Å². The zero-order valence-electron chi connectivity index (χ0n) is 10.2. The van der Waals surface area contributed by atoms with Crippen LogP contribution in [0.5, 0.6) is 5.75 Å². The van der Waals surface area contributed by atoms with Crippen LogP contribution in [0.25, 0.3) is 0 Å². The highest BCUT2D eigenvalue weighted by molar-refractivity contribution is 5.95. The van der Waals surface area contributed by atoms with E-state index in [1.165, 1.54) is 0 Å². The molecule has 1 atom stereocenters. The second kappa shape index (κ2) is 4.75. The van der Waals surface area contributed by atoms with E-state index in [1.807, 2.05) is 31.2 Å². The summed E-state index contributed by atoms with van der Waals surface area (Å²) in [7, 11) is 1.61. The largest absolute Gasteiger partial charge is 0.497 e. The monoisotopic (exact) mass is 234 g/mol. The van der Waals surface area contributed by atoms with Crippen molar-refractivity contribution in [1.82, 2.24) is 5.32 Å². The molecule has 1 amide bonds. The van der Waals surface area contributed by atoms with E-state index in [1.54, 1.807) is 7.11 Å². The van der Waals surface area contributed by atoms with Crippen LogP contribution in [-0.4, -0.2) is 26.1 Å². The van der Waals surface area contributed by atoms with Crippen molar-refractivity contribution >= 4 is 11.6 Å². The summed E-state index contributed by atoms with van der Waals surface area (Å²) in [5.74, 6) is 0.813. The summed E-state index contributed by atoms with van der Waals surface area (Å²) in [5, 5.41) is 6.16. The van der Waals surface area contributed by atoms with Gasteiger partial charge in [0.25, 0.3) is 0 Å². The van der Waals surface area contributed by atoms with Crippen molar-refractivity contribution < 1.29 is 9.53 Å². The molecule has 1 aliphatic rings. The molecule has 4 heteroatoms. The van der Waals surface area contributed by atoms with Gasteiger partial charge in [0.05, 0.1) is 12.5 Å². The summed E-state index contributed by atoms with van der Waals surface area (Å²) < 4.78 is 5.12. The lowest BCUT2D eigenvalue weighted by Crippen LogP contribution is -2.35. The van der Waals surface area contributed by atoms with Gasteiger partial charge in [-0.1, -0.05) is 6.07 Å². The summed E-state index contributed by atoms with van der Waals surface area (Å²) in [6.07, 6.45) is 0.878. The van der Waals surface area contributed by atoms with E-state index in [0.29, 0.717) is 0 Å². The van der Waals surface area contributed by atoms with E-state index in [0.717, 1.165) is 30.9 Å². The van der Waals surface area contributed by atoms with Gasteiger partial charge in [0.2, 0.25) is 5.91 Å². The molecule has 2 rings (SSSR count). The molecule has 2 N–H and O–H groups in total. The average molecular weight is 234 g/mol. The zero-order valence-corrected chi connectivity index (χ0v) is 10.2. The van der Waals surface area contributed by atoms with E-state index in [9.17, 15) is 4.79 Å². The summed E-state index contributed by atoms with van der Waals surface area (Å²) in [6.45, 7) is 3.63. The molecule has 0 spiro atoms. The van der Waals surface area contributed by atoms with Crippen LogP contribution in [0.1, 0.15) is 13.3 Å². The molecule has 0 aliphatic carbocycles. The SMILES string of the molecule is COc1cccc(NC(=O)C2(C)CCNC2)c1. The van der Waals surface area contributed by atoms with E-state index in [2.05, 4.69) is 10.6 Å². The molecule has 1 aromatic rings. The molecule has 0 radical (unpaired) electrons. The number of hydrogen-bond donors (Lipinski definition) is 2. The fourth-order valence-electron chi connectivity index (χ4n) is 1.99. The number of ether oxygens (including phenoxy) is 1. The number of amides is 1. The minimum atomic E-state index is -0.303. The number of carbonyl (C=O) groups is 1. The molecule has 0 saturated carbocycles. The lowest BCUT2D eigenvalue weighted by molar-refractivity contribution is -0.123. The first-order valence-electron chi connectivity index (χ1n) is 5.80. The summed E-state index contributed by atoms with van der Waals surface area (Å²) in [6, 6.07) is 7.41. The first-order chi connectivity index (χ1) is 8.14. The fraction of sp³-hybridized carbons (Fsp3) is 0.462. The number of rotatable bonds is 3. The van der Waals surface area contributed by atoms with Crippen LogP contribution in [0.3, 0.4) is 0 Å². The maximum Gasteiger partial charge on any atom is 0.231 e. The Labute approximate surface area is 101 Å². The molecule has 0 aromatic heterocycles. The first-order valence-corrected chi connectivity index (χ1v) is 5.80. The number of benzene rings is 1. The van der Waals surface area contributed by atoms with Gasteiger partial charge < -0.3 is 15.4 Å². The number of hydrogen-bond acceptors (Lipinski definition) is 3. The summed E-state index contributed by atoms with van der Waals surface area (Å²) >= 11 is 0. The number of nitrogens with one attached hydrogen (secondary N) is 2. The van der Waals surface area contributed by atoms with Gasteiger partial charge in [-0.2, -0.15) is 0 Å². The van der Waals surface area contributed by atoms with Gasteiger partial charge in [-0.05, 0) is 32.0 Å². The van der Waals surface area contributed by atoms with Crippen molar-refractivity contribution in [3.63, 3.8) is 0 Å². The molecular weight excluding hydrogens is 216 g/mol. The maximum absolute atomic E-state index is 12.1. The summed E-state index contributed by atoms with van der Waals surface area (Å²) in [4.78, 5) is 12.1. The van der Waals surface area contributed by atoms with Crippen LogP contribution in [0.15, 0.2) is 24.3 Å². The predicted octanol–water partition coefficient (Wildman–Crippen LogP) is 1.63. The Morgan fingerprint density at radius 3 is 3.00 bits per heavy atom. The van der Waals surface area contributed by atoms with Crippen molar-refractivity contribution in [2.45, 2.75) is 13.3 Å². The van der Waals surface area contributed by atoms with Gasteiger partial charge in [0.1, 0.15) is 5.75 Å². The van der Waals surface area contributed by atoms with Crippen LogP contribution < -0.4 is 15.4 Å². The molecule has 1 heterocycles. The third kappa shape index (κ3) is 2.58. The van der Waals surface area contributed by atoms with Gasteiger partial charge in [0, 0.05) is 18.3 Å². The number of anilines is 1. The highest BCUT2D eigenvalue weighted by Crippen LogP contribution is 2.27. The molecule has 0 bridgehead atoms. The van der Waals surface area contributed by atoms with E-state index >= 15 is 0 Å². The Morgan fingerprint density at radius 2 is 2.35 bits per heavy atom. The topological polar surface area (TPSA) is 50.4 Å². The number of carbonyl (C=O) groups excluding carboxylic acids is 1. The van der Waals surface area contributed by atoms with Crippen LogP contribution in [0.4, 0.5) is 5.69 Å². The second-order valence-electron chi connectivity index (χ2n) is 4.67. The Bertz CT molecular complexity index is 412. The highest BCUT2D eigenvalue weighted by Gasteiger charge is 2.36. The van der Waals surface area contributed by atoms with Gasteiger partial charge in [-0.25, -0.2) is 0 Å². The van der Waals surface area contributed by atoms with Crippen molar-refractivity contribution in [3.05, 3.63) is 24.3 Å². The van der Waals surface area contributed by atoms with Crippen molar-refractivity contribution in [2.75, 3.05) is 25.5 Å². The second-order valence-corrected chi connectivity index (χ2v) is 4.67. The lowest BCUT2D eigenvalue weighted by atomic mass is 9.89. The Morgan fingerprint density at radius 1 is 1.53 bits per heavy atom. The molecule has 1 unspecified atom stereocenters. The standard InChI is InChI=1S/C13H18N2O2/c1-13(6-7-14-9-13)12(16)15-10-4-3-5-11(8-10)17-2/h3-5,8,14H,6-7,9H2,1-2H3,(H,15,16). The Kier molecular flexibility index (Phi) is 3.33. The molecule has 1 aliphatic heterocycles. The molecular formula is C13H18N2O2. The van der Waals surface area contributed by atoms with E-state index in [-0.39, 0.29) is 11.3 Å². The Hall–Kier alpha value is -1.55. The molecule has 1 fully saturated rings. The average Bonchev–Trinajstić information content (AvgIpc) is 2.78. The predicted molar refractivity (Wildman–Crippen MR) is 67.2 cm³/mol. The smallest absolute Gasteiger partial charge is 0.231 e. The van der Waals surface area contributed by atoms with Crippen LogP contribution in [0.2, 0.25) is 0 Å². The lowest BCUT2D eigenvalue weighted by Gasteiger charge is -2.21. The Balaban J connectivity index is 2.07. The first kappa shape index (κ1) is 11.9. The van der Waals surface area contributed by atoms with E-state index < -0.39 is 0 Å². The fourth-order valence-corrected chi connectivity index (χ4v) is 1.99. The van der Waals surface area contributed by atoms with Gasteiger partial charge in [0.15, 0.2) is 0 Å². The third-order valence-electron chi connectivity index (χ3n) is 3.24.